The summed E-state index contributed by atoms with van der Waals surface area (Å²) >= 11 is 5.19. The second kappa shape index (κ2) is 4.24. The number of aryl methyl sites for hydroxylation is 2. The Bertz CT molecular complexity index is 353. The number of rotatable bonds is 2. The fourth-order valence-electron chi connectivity index (χ4n) is 1.09. The van der Waals surface area contributed by atoms with Crippen LogP contribution in [0.2, 0.25) is 0 Å². The summed E-state index contributed by atoms with van der Waals surface area (Å²) in [6.45, 7) is 4.01. The summed E-state index contributed by atoms with van der Waals surface area (Å²) in [5, 5.41) is -0.444. The van der Waals surface area contributed by atoms with Crippen molar-refractivity contribution in [3.05, 3.63) is 41.0 Å². The number of hydrogen-bond donors (Lipinski definition) is 0. The molecule has 0 fully saturated rings. The maximum Gasteiger partial charge on any atom is 0.245 e. The Balaban J connectivity index is 3.00. The third-order valence-corrected chi connectivity index (χ3v) is 1.95. The molecule has 1 aromatic carbocycles. The van der Waals surface area contributed by atoms with Gasteiger partial charge in [0.05, 0.1) is 0 Å². The minimum atomic E-state index is -0.444. The summed E-state index contributed by atoms with van der Waals surface area (Å²) in [6, 6.07) is 6.08. The molecule has 0 aromatic heterocycles. The van der Waals surface area contributed by atoms with E-state index in [0.717, 1.165) is 11.1 Å². The molecule has 0 amide bonds. The Hall–Kier alpha value is -1.08. The molecular weight excluding hydrogens is 184 g/mol. The lowest BCUT2D eigenvalue weighted by Crippen LogP contribution is -1.83. The second-order valence-electron chi connectivity index (χ2n) is 3.00. The Morgan fingerprint density at radius 2 is 2.08 bits per heavy atom. The monoisotopic (exact) mass is 194 g/mol. The summed E-state index contributed by atoms with van der Waals surface area (Å²) in [4.78, 5) is 10.5. The normalized spacial score (nSPS) is 10.7. The molecule has 0 aliphatic heterocycles. The highest BCUT2D eigenvalue weighted by Crippen LogP contribution is 2.12. The van der Waals surface area contributed by atoms with E-state index in [2.05, 4.69) is 0 Å². The number of carbonyl (C=O) groups is 1. The molecule has 0 bridgehead atoms. The SMILES string of the molecule is Cc1ccc(C)c(C=CC(=O)Cl)c1. The fraction of sp³-hybridized carbons (Fsp3) is 0.182. The summed E-state index contributed by atoms with van der Waals surface area (Å²) in [6.07, 6.45) is 3.10. The standard InChI is InChI=1S/C11H11ClO/c1-8-3-4-9(2)10(7-8)5-6-11(12)13/h3-7H,1-2H3. The van der Waals surface area contributed by atoms with Crippen molar-refractivity contribution in [1.82, 2.24) is 0 Å². The maximum absolute atomic E-state index is 10.5. The van der Waals surface area contributed by atoms with Gasteiger partial charge >= 0.3 is 0 Å². The van der Waals surface area contributed by atoms with Gasteiger partial charge in [0.1, 0.15) is 0 Å². The van der Waals surface area contributed by atoms with Crippen LogP contribution in [0.1, 0.15) is 16.7 Å². The molecular formula is C11H11ClO. The number of hydrogen-bond acceptors (Lipinski definition) is 1. The predicted octanol–water partition coefficient (Wildman–Crippen LogP) is 3.08. The summed E-state index contributed by atoms with van der Waals surface area (Å²) < 4.78 is 0. The van der Waals surface area contributed by atoms with Crippen LogP contribution in [-0.2, 0) is 4.79 Å². The predicted molar refractivity (Wildman–Crippen MR) is 55.8 cm³/mol. The maximum atomic E-state index is 10.5. The third-order valence-electron chi connectivity index (χ3n) is 1.83. The molecule has 0 unspecified atom stereocenters. The van der Waals surface area contributed by atoms with Crippen molar-refractivity contribution < 1.29 is 4.79 Å². The Kier molecular flexibility index (Phi) is 3.26. The zero-order chi connectivity index (χ0) is 9.84. The summed E-state index contributed by atoms with van der Waals surface area (Å²) in [7, 11) is 0. The minimum Gasteiger partial charge on any atom is -0.276 e. The van der Waals surface area contributed by atoms with Crippen molar-refractivity contribution in [3.63, 3.8) is 0 Å². The van der Waals surface area contributed by atoms with Gasteiger partial charge in [-0.25, -0.2) is 0 Å². The van der Waals surface area contributed by atoms with Crippen molar-refractivity contribution >= 4 is 22.9 Å². The molecule has 0 saturated heterocycles. The quantitative estimate of drug-likeness (QED) is 0.523. The molecule has 0 heterocycles. The van der Waals surface area contributed by atoms with Gasteiger partial charge in [-0.1, -0.05) is 23.8 Å². The first-order valence-electron chi connectivity index (χ1n) is 4.04. The van der Waals surface area contributed by atoms with E-state index in [1.165, 1.54) is 11.6 Å². The van der Waals surface area contributed by atoms with Crippen molar-refractivity contribution in [1.29, 1.82) is 0 Å². The van der Waals surface area contributed by atoms with Gasteiger partial charge in [0.15, 0.2) is 0 Å². The molecule has 1 aromatic rings. The fourth-order valence-corrected chi connectivity index (χ4v) is 1.16. The van der Waals surface area contributed by atoms with Crippen molar-refractivity contribution in [2.24, 2.45) is 0 Å². The lowest BCUT2D eigenvalue weighted by molar-refractivity contribution is -0.107. The van der Waals surface area contributed by atoms with Gasteiger partial charge in [0.2, 0.25) is 5.24 Å². The smallest absolute Gasteiger partial charge is 0.245 e. The van der Waals surface area contributed by atoms with Gasteiger partial charge in [-0.05, 0) is 48.7 Å². The highest BCUT2D eigenvalue weighted by atomic mass is 35.5. The van der Waals surface area contributed by atoms with Crippen LogP contribution in [0.15, 0.2) is 24.3 Å². The average molecular weight is 195 g/mol. The van der Waals surface area contributed by atoms with Crippen molar-refractivity contribution in [3.8, 4) is 0 Å². The average Bonchev–Trinajstić information content (AvgIpc) is 2.06. The van der Waals surface area contributed by atoms with E-state index in [1.807, 2.05) is 32.0 Å². The molecule has 68 valence electrons. The first-order chi connectivity index (χ1) is 6.09. The minimum absolute atomic E-state index is 0.444. The first kappa shape index (κ1) is 10.0. The highest BCUT2D eigenvalue weighted by Gasteiger charge is 1.94. The zero-order valence-corrected chi connectivity index (χ0v) is 8.43. The number of halogens is 1. The van der Waals surface area contributed by atoms with E-state index < -0.39 is 5.24 Å². The van der Waals surface area contributed by atoms with Crippen LogP contribution in [-0.4, -0.2) is 5.24 Å². The van der Waals surface area contributed by atoms with E-state index in [-0.39, 0.29) is 0 Å². The van der Waals surface area contributed by atoms with Gasteiger partial charge in [-0.3, -0.25) is 4.79 Å². The topological polar surface area (TPSA) is 17.1 Å². The largest absolute Gasteiger partial charge is 0.276 e. The number of allylic oxidation sites excluding steroid dienone is 1. The lowest BCUT2D eigenvalue weighted by atomic mass is 10.1. The third kappa shape index (κ3) is 3.03. The summed E-state index contributed by atoms with van der Waals surface area (Å²) in [5.41, 5.74) is 3.35. The molecule has 2 heteroatoms. The molecule has 1 rings (SSSR count). The van der Waals surface area contributed by atoms with E-state index in [9.17, 15) is 4.79 Å². The van der Waals surface area contributed by atoms with Gasteiger partial charge in [0, 0.05) is 0 Å². The summed E-state index contributed by atoms with van der Waals surface area (Å²) in [5.74, 6) is 0. The molecule has 0 aliphatic carbocycles. The van der Waals surface area contributed by atoms with Crippen LogP contribution in [0, 0.1) is 13.8 Å². The Labute approximate surface area is 83.0 Å². The van der Waals surface area contributed by atoms with Crippen molar-refractivity contribution in [2.75, 3.05) is 0 Å². The van der Waals surface area contributed by atoms with Gasteiger partial charge < -0.3 is 0 Å². The molecule has 0 spiro atoms. The molecule has 0 N–H and O–H groups in total. The first-order valence-corrected chi connectivity index (χ1v) is 4.42. The number of carbonyl (C=O) groups excluding carboxylic acids is 1. The van der Waals surface area contributed by atoms with Crippen LogP contribution in [0.25, 0.3) is 6.08 Å². The van der Waals surface area contributed by atoms with E-state index in [1.54, 1.807) is 6.08 Å². The molecule has 13 heavy (non-hydrogen) atoms. The van der Waals surface area contributed by atoms with E-state index in [4.69, 9.17) is 11.6 Å². The Morgan fingerprint density at radius 1 is 1.38 bits per heavy atom. The van der Waals surface area contributed by atoms with Crippen LogP contribution < -0.4 is 0 Å². The van der Waals surface area contributed by atoms with Gasteiger partial charge in [-0.15, -0.1) is 0 Å². The van der Waals surface area contributed by atoms with Gasteiger partial charge in [0.25, 0.3) is 0 Å². The number of benzene rings is 1. The highest BCUT2D eigenvalue weighted by molar-refractivity contribution is 6.66. The molecule has 0 radical (unpaired) electrons. The molecule has 1 nitrogen and oxygen atoms in total. The zero-order valence-electron chi connectivity index (χ0n) is 7.67. The Morgan fingerprint density at radius 3 is 2.69 bits per heavy atom. The molecule has 0 aliphatic rings. The second-order valence-corrected chi connectivity index (χ2v) is 3.37. The van der Waals surface area contributed by atoms with E-state index >= 15 is 0 Å². The van der Waals surface area contributed by atoms with Crippen LogP contribution in [0.5, 0.6) is 0 Å². The van der Waals surface area contributed by atoms with Crippen LogP contribution >= 0.6 is 11.6 Å². The van der Waals surface area contributed by atoms with Crippen LogP contribution in [0.3, 0.4) is 0 Å². The molecule has 0 atom stereocenters. The lowest BCUT2D eigenvalue weighted by Gasteiger charge is -2.00. The molecule has 0 saturated carbocycles. The van der Waals surface area contributed by atoms with E-state index in [0.29, 0.717) is 0 Å². The van der Waals surface area contributed by atoms with Crippen LogP contribution in [0.4, 0.5) is 0 Å². The van der Waals surface area contributed by atoms with Crippen molar-refractivity contribution in [2.45, 2.75) is 13.8 Å². The van der Waals surface area contributed by atoms with Gasteiger partial charge in [-0.2, -0.15) is 0 Å².